The largest absolute Gasteiger partial charge is 0.396 e. The maximum Gasteiger partial charge on any atom is 0.246 e. The van der Waals surface area contributed by atoms with Gasteiger partial charge in [-0.3, -0.25) is 9.59 Å². The van der Waals surface area contributed by atoms with Crippen molar-refractivity contribution < 1.29 is 14.7 Å². The van der Waals surface area contributed by atoms with Gasteiger partial charge in [0, 0.05) is 13.2 Å². The average Bonchev–Trinajstić information content (AvgIpc) is 2.70. The molecule has 27 heavy (non-hydrogen) atoms. The van der Waals surface area contributed by atoms with E-state index in [4.69, 9.17) is 0 Å². The van der Waals surface area contributed by atoms with Gasteiger partial charge in [0.15, 0.2) is 0 Å². The molecule has 1 heterocycles. The standard InChI is InChI=1S/C22H26N2O3/c1-17(19-11-6-3-7-12-19)24-20(13-8-14-25)22(27)23(16-21(24)26)15-18-9-4-2-5-10-18/h2-7,9-12,17,20,25H,8,13-16H2,1H3/t17-,20+/m0/s1. The van der Waals surface area contributed by atoms with Crippen LogP contribution in [0.2, 0.25) is 0 Å². The van der Waals surface area contributed by atoms with Crippen LogP contribution in [0.4, 0.5) is 0 Å². The molecule has 142 valence electrons. The van der Waals surface area contributed by atoms with Gasteiger partial charge in [-0.05, 0) is 30.9 Å². The fraction of sp³-hybridized carbons (Fsp3) is 0.364. The monoisotopic (exact) mass is 366 g/mol. The highest BCUT2D eigenvalue weighted by molar-refractivity contribution is 5.95. The number of nitrogens with zero attached hydrogens (tertiary/aromatic N) is 2. The first-order chi connectivity index (χ1) is 13.1. The van der Waals surface area contributed by atoms with Gasteiger partial charge < -0.3 is 14.9 Å². The van der Waals surface area contributed by atoms with E-state index in [1.165, 1.54) is 0 Å². The Balaban J connectivity index is 1.84. The summed E-state index contributed by atoms with van der Waals surface area (Å²) in [6.45, 7) is 2.47. The summed E-state index contributed by atoms with van der Waals surface area (Å²) in [6, 6.07) is 18.7. The number of benzene rings is 2. The van der Waals surface area contributed by atoms with E-state index in [1.807, 2.05) is 67.6 Å². The van der Waals surface area contributed by atoms with Crippen LogP contribution >= 0.6 is 0 Å². The molecule has 0 radical (unpaired) electrons. The number of rotatable bonds is 7. The van der Waals surface area contributed by atoms with Crippen molar-refractivity contribution in [2.75, 3.05) is 13.2 Å². The van der Waals surface area contributed by atoms with Crippen molar-refractivity contribution in [3.8, 4) is 0 Å². The molecule has 1 N–H and O–H groups in total. The molecule has 2 aromatic rings. The number of piperazine rings is 1. The van der Waals surface area contributed by atoms with Crippen molar-refractivity contribution >= 4 is 11.8 Å². The van der Waals surface area contributed by atoms with Crippen LogP contribution < -0.4 is 0 Å². The van der Waals surface area contributed by atoms with Gasteiger partial charge in [-0.25, -0.2) is 0 Å². The number of hydrogen-bond donors (Lipinski definition) is 1. The van der Waals surface area contributed by atoms with Gasteiger partial charge in [-0.15, -0.1) is 0 Å². The molecule has 0 aliphatic carbocycles. The maximum atomic E-state index is 13.2. The van der Waals surface area contributed by atoms with Crippen molar-refractivity contribution in [2.45, 2.75) is 38.4 Å². The van der Waals surface area contributed by atoms with Crippen LogP contribution in [0, 0.1) is 0 Å². The van der Waals surface area contributed by atoms with Crippen molar-refractivity contribution in [2.24, 2.45) is 0 Å². The second-order valence-corrected chi connectivity index (χ2v) is 6.95. The predicted octanol–water partition coefficient (Wildman–Crippen LogP) is 2.76. The molecule has 0 spiro atoms. The summed E-state index contributed by atoms with van der Waals surface area (Å²) in [7, 11) is 0. The Bertz CT molecular complexity index is 764. The topological polar surface area (TPSA) is 60.9 Å². The third kappa shape index (κ3) is 4.37. The number of hydrogen-bond acceptors (Lipinski definition) is 3. The van der Waals surface area contributed by atoms with Crippen LogP contribution in [-0.4, -0.2) is 45.9 Å². The Morgan fingerprint density at radius 3 is 2.30 bits per heavy atom. The summed E-state index contributed by atoms with van der Waals surface area (Å²) in [5, 5.41) is 9.26. The van der Waals surface area contributed by atoms with Gasteiger partial charge in [0.25, 0.3) is 0 Å². The zero-order valence-electron chi connectivity index (χ0n) is 15.6. The summed E-state index contributed by atoms with van der Waals surface area (Å²) in [5.74, 6) is -0.0977. The number of amides is 2. The second kappa shape index (κ2) is 8.82. The quantitative estimate of drug-likeness (QED) is 0.820. The lowest BCUT2D eigenvalue weighted by molar-refractivity contribution is -0.159. The molecule has 0 saturated carbocycles. The summed E-state index contributed by atoms with van der Waals surface area (Å²) in [5.41, 5.74) is 2.01. The minimum atomic E-state index is -0.544. The van der Waals surface area contributed by atoms with E-state index >= 15 is 0 Å². The zero-order valence-corrected chi connectivity index (χ0v) is 15.6. The molecule has 2 aromatic carbocycles. The Morgan fingerprint density at radius 1 is 1.04 bits per heavy atom. The number of carbonyl (C=O) groups is 2. The second-order valence-electron chi connectivity index (χ2n) is 6.95. The highest BCUT2D eigenvalue weighted by Gasteiger charge is 2.41. The van der Waals surface area contributed by atoms with E-state index in [0.717, 1.165) is 11.1 Å². The Labute approximate surface area is 160 Å². The van der Waals surface area contributed by atoms with E-state index in [1.54, 1.807) is 9.80 Å². The minimum Gasteiger partial charge on any atom is -0.396 e. The molecule has 5 heteroatoms. The van der Waals surface area contributed by atoms with Crippen molar-refractivity contribution in [1.82, 2.24) is 9.80 Å². The zero-order chi connectivity index (χ0) is 19.2. The molecule has 0 aromatic heterocycles. The Kier molecular flexibility index (Phi) is 6.24. The van der Waals surface area contributed by atoms with Gasteiger partial charge in [0.2, 0.25) is 11.8 Å². The molecule has 1 saturated heterocycles. The van der Waals surface area contributed by atoms with Crippen molar-refractivity contribution in [1.29, 1.82) is 0 Å². The molecule has 0 unspecified atom stereocenters. The highest BCUT2D eigenvalue weighted by atomic mass is 16.3. The van der Waals surface area contributed by atoms with Gasteiger partial charge >= 0.3 is 0 Å². The minimum absolute atomic E-state index is 0.00418. The van der Waals surface area contributed by atoms with E-state index in [2.05, 4.69) is 0 Å². The summed E-state index contributed by atoms with van der Waals surface area (Å²) in [4.78, 5) is 29.5. The molecule has 0 bridgehead atoms. The van der Waals surface area contributed by atoms with Gasteiger partial charge in [-0.1, -0.05) is 60.7 Å². The number of aliphatic hydroxyl groups excluding tert-OH is 1. The van der Waals surface area contributed by atoms with Gasteiger partial charge in [0.05, 0.1) is 6.04 Å². The third-order valence-corrected chi connectivity index (χ3v) is 5.10. The lowest BCUT2D eigenvalue weighted by Crippen LogP contribution is -2.60. The lowest BCUT2D eigenvalue weighted by Gasteiger charge is -2.43. The van der Waals surface area contributed by atoms with Crippen LogP contribution in [0.25, 0.3) is 0 Å². The fourth-order valence-corrected chi connectivity index (χ4v) is 3.69. The van der Waals surface area contributed by atoms with Gasteiger partial charge in [-0.2, -0.15) is 0 Å². The smallest absolute Gasteiger partial charge is 0.246 e. The molecule has 5 nitrogen and oxygen atoms in total. The predicted molar refractivity (Wildman–Crippen MR) is 104 cm³/mol. The van der Waals surface area contributed by atoms with Crippen LogP contribution in [0.5, 0.6) is 0 Å². The molecular weight excluding hydrogens is 340 g/mol. The number of aliphatic hydroxyl groups is 1. The summed E-state index contributed by atoms with van der Waals surface area (Å²) in [6.07, 6.45) is 0.949. The molecule has 3 rings (SSSR count). The van der Waals surface area contributed by atoms with E-state index < -0.39 is 6.04 Å². The van der Waals surface area contributed by atoms with Crippen LogP contribution in [-0.2, 0) is 16.1 Å². The lowest BCUT2D eigenvalue weighted by atomic mass is 9.98. The van der Waals surface area contributed by atoms with E-state index in [-0.39, 0.29) is 31.0 Å². The third-order valence-electron chi connectivity index (χ3n) is 5.10. The molecule has 1 fully saturated rings. The van der Waals surface area contributed by atoms with Crippen molar-refractivity contribution in [3.05, 3.63) is 71.8 Å². The van der Waals surface area contributed by atoms with Crippen LogP contribution in [0.3, 0.4) is 0 Å². The van der Waals surface area contributed by atoms with Gasteiger partial charge in [0.1, 0.15) is 12.6 Å². The first-order valence-electron chi connectivity index (χ1n) is 9.41. The van der Waals surface area contributed by atoms with Crippen molar-refractivity contribution in [3.63, 3.8) is 0 Å². The Morgan fingerprint density at radius 2 is 1.67 bits per heavy atom. The number of carbonyl (C=O) groups excluding carboxylic acids is 2. The first kappa shape index (κ1) is 19.1. The molecule has 2 amide bonds. The molecule has 1 aliphatic heterocycles. The highest BCUT2D eigenvalue weighted by Crippen LogP contribution is 2.29. The first-order valence-corrected chi connectivity index (χ1v) is 9.41. The average molecular weight is 366 g/mol. The normalized spacial score (nSPS) is 18.7. The fourth-order valence-electron chi connectivity index (χ4n) is 3.69. The summed E-state index contributed by atoms with van der Waals surface area (Å²) < 4.78 is 0. The van der Waals surface area contributed by atoms with E-state index in [0.29, 0.717) is 19.4 Å². The maximum absolute atomic E-state index is 13.2. The van der Waals surface area contributed by atoms with E-state index in [9.17, 15) is 14.7 Å². The SMILES string of the molecule is C[C@@H](c1ccccc1)N1C(=O)CN(Cc2ccccc2)C(=O)[C@H]1CCCO. The molecule has 2 atom stereocenters. The molecule has 1 aliphatic rings. The van der Waals surface area contributed by atoms with Crippen LogP contribution in [0.1, 0.15) is 36.9 Å². The summed E-state index contributed by atoms with van der Waals surface area (Å²) >= 11 is 0. The van der Waals surface area contributed by atoms with Crippen LogP contribution in [0.15, 0.2) is 60.7 Å². The molecular formula is C22H26N2O3. The Hall–Kier alpha value is -2.66.